The number of halogens is 2. The lowest BCUT2D eigenvalue weighted by Gasteiger charge is -2.36. The molecule has 0 bridgehead atoms. The first-order valence-corrected chi connectivity index (χ1v) is 7.87. The van der Waals surface area contributed by atoms with Gasteiger partial charge in [-0.3, -0.25) is 0 Å². The second-order valence-corrected chi connectivity index (χ2v) is 6.94. The predicted octanol–water partition coefficient (Wildman–Crippen LogP) is 4.45. The molecule has 0 spiro atoms. The maximum Gasteiger partial charge on any atom is 0.142 e. The van der Waals surface area contributed by atoms with E-state index in [1.165, 1.54) is 6.07 Å². The zero-order valence-corrected chi connectivity index (χ0v) is 14.4. The van der Waals surface area contributed by atoms with Crippen LogP contribution in [0.2, 0.25) is 5.02 Å². The summed E-state index contributed by atoms with van der Waals surface area (Å²) in [5.74, 6) is -0.367. The van der Waals surface area contributed by atoms with Crippen molar-refractivity contribution >= 4 is 11.6 Å². The van der Waals surface area contributed by atoms with Gasteiger partial charge in [-0.2, -0.15) is 0 Å². The van der Waals surface area contributed by atoms with Crippen LogP contribution in [0.15, 0.2) is 18.2 Å². The van der Waals surface area contributed by atoms with Crippen molar-refractivity contribution in [2.24, 2.45) is 5.41 Å². The molecule has 0 aliphatic heterocycles. The molecular formula is C17H27ClFNO. The normalized spacial score (nSPS) is 15.0. The summed E-state index contributed by atoms with van der Waals surface area (Å²) in [6.45, 7) is 9.51. The Kier molecular flexibility index (Phi) is 7.11. The van der Waals surface area contributed by atoms with Gasteiger partial charge in [0.15, 0.2) is 0 Å². The summed E-state index contributed by atoms with van der Waals surface area (Å²) in [5.41, 5.74) is 0.933. The molecule has 4 heteroatoms. The second-order valence-electron chi connectivity index (χ2n) is 6.54. The van der Waals surface area contributed by atoms with E-state index in [2.05, 4.69) is 33.0 Å². The highest BCUT2D eigenvalue weighted by molar-refractivity contribution is 6.30. The third kappa shape index (κ3) is 5.57. The Bertz CT molecular complexity index is 445. The average molecular weight is 316 g/mol. The Labute approximate surface area is 133 Å². The van der Waals surface area contributed by atoms with Crippen LogP contribution in [0.1, 0.15) is 39.7 Å². The summed E-state index contributed by atoms with van der Waals surface area (Å²) in [6.07, 6.45) is 1.80. The Morgan fingerprint density at radius 2 is 2.00 bits per heavy atom. The molecule has 0 aliphatic carbocycles. The van der Waals surface area contributed by atoms with E-state index in [4.69, 9.17) is 16.3 Å². The van der Waals surface area contributed by atoms with E-state index < -0.39 is 0 Å². The van der Waals surface area contributed by atoms with Crippen LogP contribution in [0.3, 0.4) is 0 Å². The molecule has 1 aromatic rings. The summed E-state index contributed by atoms with van der Waals surface area (Å²) in [7, 11) is 1.74. The first-order chi connectivity index (χ1) is 9.79. The van der Waals surface area contributed by atoms with Crippen molar-refractivity contribution in [1.29, 1.82) is 0 Å². The minimum atomic E-state index is -0.367. The van der Waals surface area contributed by atoms with Crippen LogP contribution in [-0.2, 0) is 11.2 Å². The van der Waals surface area contributed by atoms with Crippen LogP contribution >= 0.6 is 11.6 Å². The highest BCUT2D eigenvalue weighted by Crippen LogP contribution is 2.27. The van der Waals surface area contributed by atoms with Crippen molar-refractivity contribution < 1.29 is 9.13 Å². The maximum absolute atomic E-state index is 13.6. The summed E-state index contributed by atoms with van der Waals surface area (Å²) in [4.78, 5) is 0. The lowest BCUT2D eigenvalue weighted by Crippen LogP contribution is -2.49. The molecule has 0 saturated carbocycles. The number of benzene rings is 1. The molecule has 1 aromatic carbocycles. The van der Waals surface area contributed by atoms with Crippen molar-refractivity contribution in [2.45, 2.75) is 52.7 Å². The van der Waals surface area contributed by atoms with E-state index in [1.807, 2.05) is 6.07 Å². The molecule has 21 heavy (non-hydrogen) atoms. The van der Waals surface area contributed by atoms with Gasteiger partial charge in [-0.25, -0.2) is 4.39 Å². The van der Waals surface area contributed by atoms with Gasteiger partial charge in [0.2, 0.25) is 0 Å². The number of rotatable bonds is 7. The van der Waals surface area contributed by atoms with E-state index in [9.17, 15) is 4.39 Å². The van der Waals surface area contributed by atoms with Crippen LogP contribution in [0, 0.1) is 11.2 Å². The molecular weight excluding hydrogens is 289 g/mol. The third-order valence-electron chi connectivity index (χ3n) is 3.57. The quantitative estimate of drug-likeness (QED) is 0.802. The average Bonchev–Trinajstić information content (AvgIpc) is 2.39. The van der Waals surface area contributed by atoms with E-state index in [0.29, 0.717) is 6.42 Å². The largest absolute Gasteiger partial charge is 0.379 e. The molecule has 120 valence electrons. The topological polar surface area (TPSA) is 21.3 Å². The number of ether oxygens (including phenoxy) is 1. The van der Waals surface area contributed by atoms with Gasteiger partial charge in [0.25, 0.3) is 0 Å². The lowest BCUT2D eigenvalue weighted by atomic mass is 9.82. The molecule has 0 aliphatic rings. The highest BCUT2D eigenvalue weighted by Gasteiger charge is 2.32. The SMILES string of the molecule is CCCNC(Cc1ccc(Cl)c(F)c1)C(OC)C(C)(C)C. The minimum absolute atomic E-state index is 0.00509. The molecule has 0 aromatic heterocycles. The zero-order valence-electron chi connectivity index (χ0n) is 13.7. The van der Waals surface area contributed by atoms with E-state index in [-0.39, 0.29) is 28.4 Å². The predicted molar refractivity (Wildman–Crippen MR) is 87.4 cm³/mol. The van der Waals surface area contributed by atoms with E-state index >= 15 is 0 Å². The van der Waals surface area contributed by atoms with Crippen molar-refractivity contribution in [3.05, 3.63) is 34.6 Å². The molecule has 0 heterocycles. The molecule has 0 amide bonds. The third-order valence-corrected chi connectivity index (χ3v) is 3.88. The standard InChI is InChI=1S/C17H27ClFNO/c1-6-9-20-15(16(21-5)17(2,3)4)11-12-7-8-13(18)14(19)10-12/h7-8,10,15-16,20H,6,9,11H2,1-5H3. The van der Waals surface area contributed by atoms with E-state index in [0.717, 1.165) is 18.5 Å². The van der Waals surface area contributed by atoms with Crippen LogP contribution in [0.5, 0.6) is 0 Å². The van der Waals surface area contributed by atoms with Crippen LogP contribution in [0.25, 0.3) is 0 Å². The molecule has 1 rings (SSSR count). The Hall–Kier alpha value is -0.640. The molecule has 0 radical (unpaired) electrons. The van der Waals surface area contributed by atoms with Gasteiger partial charge >= 0.3 is 0 Å². The molecule has 0 saturated heterocycles. The summed E-state index contributed by atoms with van der Waals surface area (Å²) in [6, 6.07) is 5.14. The summed E-state index contributed by atoms with van der Waals surface area (Å²) >= 11 is 5.75. The molecule has 0 fully saturated rings. The zero-order chi connectivity index (χ0) is 16.0. The molecule has 1 N–H and O–H groups in total. The fraction of sp³-hybridized carbons (Fsp3) is 0.647. The highest BCUT2D eigenvalue weighted by atomic mass is 35.5. The molecule has 2 unspecified atom stereocenters. The van der Waals surface area contributed by atoms with Gasteiger partial charge in [-0.05, 0) is 42.5 Å². The Morgan fingerprint density at radius 3 is 2.48 bits per heavy atom. The Morgan fingerprint density at radius 1 is 1.33 bits per heavy atom. The smallest absolute Gasteiger partial charge is 0.142 e. The first-order valence-electron chi connectivity index (χ1n) is 7.49. The maximum atomic E-state index is 13.6. The van der Waals surface area contributed by atoms with Crippen LogP contribution in [0.4, 0.5) is 4.39 Å². The lowest BCUT2D eigenvalue weighted by molar-refractivity contribution is -0.0109. The first kappa shape index (κ1) is 18.4. The van der Waals surface area contributed by atoms with E-state index in [1.54, 1.807) is 13.2 Å². The number of methoxy groups -OCH3 is 1. The molecule has 2 nitrogen and oxygen atoms in total. The van der Waals surface area contributed by atoms with Crippen molar-refractivity contribution in [1.82, 2.24) is 5.32 Å². The van der Waals surface area contributed by atoms with Crippen LogP contribution < -0.4 is 5.32 Å². The van der Waals surface area contributed by atoms with Gasteiger partial charge in [0, 0.05) is 13.2 Å². The Balaban J connectivity index is 2.93. The van der Waals surface area contributed by atoms with Crippen molar-refractivity contribution in [2.75, 3.05) is 13.7 Å². The van der Waals surface area contributed by atoms with Crippen molar-refractivity contribution in [3.63, 3.8) is 0 Å². The van der Waals surface area contributed by atoms with Gasteiger partial charge in [0.1, 0.15) is 5.82 Å². The van der Waals surface area contributed by atoms with Gasteiger partial charge < -0.3 is 10.1 Å². The second kappa shape index (κ2) is 8.11. The monoisotopic (exact) mass is 315 g/mol. The summed E-state index contributed by atoms with van der Waals surface area (Å²) in [5, 5.41) is 3.69. The number of nitrogens with one attached hydrogen (secondary N) is 1. The summed E-state index contributed by atoms with van der Waals surface area (Å²) < 4.78 is 19.3. The number of hydrogen-bond donors (Lipinski definition) is 1. The fourth-order valence-electron chi connectivity index (χ4n) is 2.66. The number of hydrogen-bond acceptors (Lipinski definition) is 2. The van der Waals surface area contributed by atoms with Gasteiger partial charge in [-0.1, -0.05) is 45.4 Å². The van der Waals surface area contributed by atoms with Crippen LogP contribution in [-0.4, -0.2) is 25.8 Å². The fourth-order valence-corrected chi connectivity index (χ4v) is 2.78. The minimum Gasteiger partial charge on any atom is -0.379 e. The molecule has 2 atom stereocenters. The van der Waals surface area contributed by atoms with Gasteiger partial charge in [0.05, 0.1) is 11.1 Å². The van der Waals surface area contributed by atoms with Gasteiger partial charge in [-0.15, -0.1) is 0 Å². The van der Waals surface area contributed by atoms with Crippen molar-refractivity contribution in [3.8, 4) is 0 Å².